The van der Waals surface area contributed by atoms with Crippen molar-refractivity contribution < 1.29 is 4.92 Å². The highest BCUT2D eigenvalue weighted by molar-refractivity contribution is 6.31. The van der Waals surface area contributed by atoms with Crippen LogP contribution in [0.15, 0.2) is 6.07 Å². The molecule has 102 valence electrons. The van der Waals surface area contributed by atoms with Crippen molar-refractivity contribution in [1.82, 2.24) is 0 Å². The minimum absolute atomic E-state index is 0.0796. The van der Waals surface area contributed by atoms with E-state index in [1.165, 1.54) is 0 Å². The van der Waals surface area contributed by atoms with Crippen LogP contribution < -0.4 is 0 Å². The molecule has 0 aliphatic rings. The first-order valence-corrected chi connectivity index (χ1v) is 6.68. The fourth-order valence-corrected chi connectivity index (χ4v) is 2.47. The molecule has 19 heavy (non-hydrogen) atoms. The summed E-state index contributed by atoms with van der Waals surface area (Å²) >= 11 is 6.18. The summed E-state index contributed by atoms with van der Waals surface area (Å²) in [7, 11) is 0. The third-order valence-corrected chi connectivity index (χ3v) is 3.19. The summed E-state index contributed by atoms with van der Waals surface area (Å²) < 4.78 is 0. The Morgan fingerprint density at radius 3 is 2.58 bits per heavy atom. The largest absolute Gasteiger partial charge is 0.290 e. The Morgan fingerprint density at radius 2 is 2.16 bits per heavy atom. The van der Waals surface area contributed by atoms with E-state index in [0.29, 0.717) is 29.0 Å². The molecule has 0 saturated heterocycles. The van der Waals surface area contributed by atoms with Gasteiger partial charge in [0, 0.05) is 10.6 Å². The van der Waals surface area contributed by atoms with Crippen molar-refractivity contribution in [3.63, 3.8) is 0 Å². The highest BCUT2D eigenvalue weighted by Crippen LogP contribution is 2.34. The first kappa shape index (κ1) is 15.5. The summed E-state index contributed by atoms with van der Waals surface area (Å²) in [5, 5.41) is 21.0. The summed E-state index contributed by atoms with van der Waals surface area (Å²) in [5.74, 6) is 0.262. The lowest BCUT2D eigenvalue weighted by molar-refractivity contribution is -0.385. The number of rotatable bonds is 5. The molecule has 0 aromatic heterocycles. The Morgan fingerprint density at radius 1 is 1.53 bits per heavy atom. The smallest absolute Gasteiger partial charge is 0.258 e. The van der Waals surface area contributed by atoms with E-state index in [9.17, 15) is 15.4 Å². The summed E-state index contributed by atoms with van der Waals surface area (Å²) in [4.78, 5) is 10.8. The molecule has 0 bridgehead atoms. The average molecular weight is 281 g/mol. The predicted octanol–water partition coefficient (Wildman–Crippen LogP) is 4.27. The summed E-state index contributed by atoms with van der Waals surface area (Å²) in [6.07, 6.45) is 1.90. The van der Waals surface area contributed by atoms with Crippen molar-refractivity contribution in [2.75, 3.05) is 0 Å². The second kappa shape index (κ2) is 6.53. The van der Waals surface area contributed by atoms with Gasteiger partial charge in [-0.05, 0) is 30.4 Å². The van der Waals surface area contributed by atoms with E-state index >= 15 is 0 Å². The Hall–Kier alpha value is -1.60. The van der Waals surface area contributed by atoms with Gasteiger partial charge in [-0.1, -0.05) is 38.8 Å². The van der Waals surface area contributed by atoms with Gasteiger partial charge in [-0.25, -0.2) is 0 Å². The molecule has 1 aromatic carbocycles. The molecule has 0 spiro atoms. The van der Waals surface area contributed by atoms with Crippen molar-refractivity contribution in [3.8, 4) is 6.07 Å². The van der Waals surface area contributed by atoms with Crippen LogP contribution >= 0.6 is 11.6 Å². The van der Waals surface area contributed by atoms with E-state index in [4.69, 9.17) is 11.6 Å². The zero-order valence-electron chi connectivity index (χ0n) is 11.4. The minimum atomic E-state index is -0.467. The lowest BCUT2D eigenvalue weighted by Gasteiger charge is -2.12. The van der Waals surface area contributed by atoms with Gasteiger partial charge < -0.3 is 0 Å². The van der Waals surface area contributed by atoms with Crippen LogP contribution in [0.5, 0.6) is 0 Å². The number of nitro groups is 1. The molecule has 0 atom stereocenters. The van der Waals surface area contributed by atoms with Gasteiger partial charge in [-0.15, -0.1) is 0 Å². The third-order valence-electron chi connectivity index (χ3n) is 2.85. The maximum Gasteiger partial charge on any atom is 0.290 e. The molecule has 0 N–H and O–H groups in total. The molecule has 1 rings (SSSR count). The van der Waals surface area contributed by atoms with E-state index in [1.54, 1.807) is 6.07 Å². The van der Waals surface area contributed by atoms with Gasteiger partial charge in [0.2, 0.25) is 0 Å². The van der Waals surface area contributed by atoms with Crippen molar-refractivity contribution in [3.05, 3.63) is 37.9 Å². The number of nitro benzene ring substituents is 1. The van der Waals surface area contributed by atoms with Crippen LogP contribution in [-0.4, -0.2) is 4.92 Å². The Bertz CT molecular complexity index is 533. The monoisotopic (exact) mass is 280 g/mol. The van der Waals surface area contributed by atoms with E-state index in [1.807, 2.05) is 26.8 Å². The number of halogens is 1. The SMILES string of the molecule is CCCc1c(Cl)cc(CC(C)C)c([N+](=O)[O-])c1C#N. The summed E-state index contributed by atoms with van der Waals surface area (Å²) in [5.41, 5.74) is 1.17. The zero-order valence-corrected chi connectivity index (χ0v) is 12.1. The van der Waals surface area contributed by atoms with Crippen LogP contribution in [0, 0.1) is 27.4 Å². The van der Waals surface area contributed by atoms with Gasteiger partial charge in [0.1, 0.15) is 11.6 Å². The van der Waals surface area contributed by atoms with Gasteiger partial charge in [0.25, 0.3) is 5.69 Å². The normalized spacial score (nSPS) is 10.5. The topological polar surface area (TPSA) is 66.9 Å². The second-order valence-corrected chi connectivity index (χ2v) is 5.34. The Labute approximate surface area is 118 Å². The highest BCUT2D eigenvalue weighted by atomic mass is 35.5. The van der Waals surface area contributed by atoms with E-state index in [0.717, 1.165) is 6.42 Å². The van der Waals surface area contributed by atoms with Crippen LogP contribution in [0.4, 0.5) is 5.69 Å². The van der Waals surface area contributed by atoms with Crippen LogP contribution in [0.3, 0.4) is 0 Å². The number of nitriles is 1. The number of nitrogens with zero attached hydrogens (tertiary/aromatic N) is 2. The molecule has 0 amide bonds. The lowest BCUT2D eigenvalue weighted by atomic mass is 9.94. The molecule has 1 aromatic rings. The Kier molecular flexibility index (Phi) is 5.31. The molecule has 4 nitrogen and oxygen atoms in total. The van der Waals surface area contributed by atoms with Crippen LogP contribution in [-0.2, 0) is 12.8 Å². The molecule has 0 saturated carbocycles. The first-order valence-electron chi connectivity index (χ1n) is 6.31. The van der Waals surface area contributed by atoms with E-state index in [2.05, 4.69) is 0 Å². The molecule has 5 heteroatoms. The van der Waals surface area contributed by atoms with E-state index < -0.39 is 4.92 Å². The number of hydrogen-bond acceptors (Lipinski definition) is 3. The molecule has 0 radical (unpaired) electrons. The molecule has 0 fully saturated rings. The second-order valence-electron chi connectivity index (χ2n) is 4.94. The minimum Gasteiger partial charge on any atom is -0.258 e. The molecule has 0 aliphatic carbocycles. The quantitative estimate of drug-likeness (QED) is 0.597. The summed E-state index contributed by atoms with van der Waals surface area (Å²) in [6.45, 7) is 5.90. The molecule has 0 aliphatic heterocycles. The third kappa shape index (κ3) is 3.45. The Balaban J connectivity index is 3.55. The maximum atomic E-state index is 11.3. The number of benzene rings is 1. The first-order chi connectivity index (χ1) is 8.92. The molecule has 0 heterocycles. The molecular weight excluding hydrogens is 264 g/mol. The molecule has 0 unspecified atom stereocenters. The van der Waals surface area contributed by atoms with Gasteiger partial charge >= 0.3 is 0 Å². The standard InChI is InChI=1S/C14H17ClN2O2/c1-4-5-11-12(8-16)14(17(18)19)10(6-9(2)3)7-13(11)15/h7,9H,4-6H2,1-3H3. The van der Waals surface area contributed by atoms with Crippen molar-refractivity contribution in [1.29, 1.82) is 5.26 Å². The van der Waals surface area contributed by atoms with Crippen molar-refractivity contribution in [2.24, 2.45) is 5.92 Å². The van der Waals surface area contributed by atoms with Gasteiger partial charge in [-0.3, -0.25) is 10.1 Å². The fourth-order valence-electron chi connectivity index (χ4n) is 2.15. The lowest BCUT2D eigenvalue weighted by Crippen LogP contribution is -2.06. The van der Waals surface area contributed by atoms with Gasteiger partial charge in [0.05, 0.1) is 4.92 Å². The molecular formula is C14H17ClN2O2. The predicted molar refractivity (Wildman–Crippen MR) is 75.4 cm³/mol. The van der Waals surface area contributed by atoms with Crippen LogP contribution in [0.2, 0.25) is 5.02 Å². The fraction of sp³-hybridized carbons (Fsp3) is 0.500. The zero-order chi connectivity index (χ0) is 14.6. The van der Waals surface area contributed by atoms with Crippen molar-refractivity contribution in [2.45, 2.75) is 40.0 Å². The van der Waals surface area contributed by atoms with Gasteiger partial charge in [-0.2, -0.15) is 5.26 Å². The van der Waals surface area contributed by atoms with Crippen LogP contribution in [0.25, 0.3) is 0 Å². The van der Waals surface area contributed by atoms with E-state index in [-0.39, 0.29) is 17.2 Å². The maximum absolute atomic E-state index is 11.3. The number of hydrogen-bond donors (Lipinski definition) is 0. The van der Waals surface area contributed by atoms with Crippen LogP contribution in [0.1, 0.15) is 43.9 Å². The average Bonchev–Trinajstić information content (AvgIpc) is 2.30. The summed E-state index contributed by atoms with van der Waals surface area (Å²) in [6, 6.07) is 3.60. The van der Waals surface area contributed by atoms with Gasteiger partial charge in [0.15, 0.2) is 0 Å². The van der Waals surface area contributed by atoms with Crippen molar-refractivity contribution >= 4 is 17.3 Å². The highest BCUT2D eigenvalue weighted by Gasteiger charge is 2.25.